The van der Waals surface area contributed by atoms with Crippen molar-refractivity contribution < 1.29 is 39.4 Å². The predicted octanol–water partition coefficient (Wildman–Crippen LogP) is 0.328. The average molecular weight is 563 g/mol. The van der Waals surface area contributed by atoms with E-state index in [2.05, 4.69) is 10.6 Å². The molecule has 5 unspecified atom stereocenters. The minimum absolute atomic E-state index is 0.165. The van der Waals surface area contributed by atoms with Crippen LogP contribution in [0, 0.1) is 0 Å². The van der Waals surface area contributed by atoms with E-state index in [9.17, 15) is 30.0 Å². The zero-order chi connectivity index (χ0) is 28.4. The molecule has 212 valence electrons. The molecule has 6 atom stereocenters. The first-order valence-corrected chi connectivity index (χ1v) is 13.7. The fourth-order valence-electron chi connectivity index (χ4n) is 5.20. The lowest BCUT2D eigenvalue weighted by Crippen LogP contribution is -2.67. The Kier molecular flexibility index (Phi) is 9.04. The van der Waals surface area contributed by atoms with Crippen LogP contribution in [-0.4, -0.2) is 84.0 Å². The Morgan fingerprint density at radius 1 is 1.10 bits per heavy atom. The van der Waals surface area contributed by atoms with E-state index in [1.807, 2.05) is 0 Å². The van der Waals surface area contributed by atoms with Crippen molar-refractivity contribution in [3.8, 4) is 28.4 Å². The molecular weight excluding hydrogens is 528 g/mol. The van der Waals surface area contributed by atoms with Crippen molar-refractivity contribution in [2.75, 3.05) is 27.1 Å². The number of aliphatic hydroxyl groups excluding tert-OH is 4. The maximum absolute atomic E-state index is 13.1. The molecule has 1 aliphatic heterocycles. The van der Waals surface area contributed by atoms with Gasteiger partial charge in [0.25, 0.3) is 0 Å². The third-order valence-electron chi connectivity index (χ3n) is 7.14. The first-order chi connectivity index (χ1) is 18.6. The van der Waals surface area contributed by atoms with E-state index in [0.29, 0.717) is 40.2 Å². The second kappa shape index (κ2) is 12.1. The molecule has 2 aliphatic rings. The van der Waals surface area contributed by atoms with Crippen molar-refractivity contribution in [3.63, 3.8) is 0 Å². The first-order valence-electron chi connectivity index (χ1n) is 12.5. The average Bonchev–Trinajstić information content (AvgIpc) is 3.16. The standard InChI is InChI=1S/C27H34N2O9S/c1-12(31)28-16-7-5-13-9-19(36-2)25(37-3)26(38-27-24(35)23(34)22(33)17(11-30)29-27)21(13)14-6-8-20(39-4)18(32)10-15(14)16/h6,8-10,16-17,22-24,27,29-30,33-35H,5,7,11H2,1-4H3,(H,28,31)/t16-,17?,22?,23?,24?,27?/m0/s1. The monoisotopic (exact) mass is 562 g/mol. The fraction of sp³-hybridized carbons (Fsp3) is 0.481. The highest BCUT2D eigenvalue weighted by atomic mass is 32.2. The fourth-order valence-corrected chi connectivity index (χ4v) is 5.66. The Labute approximate surface area is 230 Å². The van der Waals surface area contributed by atoms with Gasteiger partial charge in [0.05, 0.1) is 37.8 Å². The zero-order valence-electron chi connectivity index (χ0n) is 22.1. The summed E-state index contributed by atoms with van der Waals surface area (Å²) in [7, 11) is 2.91. The topological polar surface area (TPSA) is 167 Å². The summed E-state index contributed by atoms with van der Waals surface area (Å²) in [5.74, 6) is 0.474. The zero-order valence-corrected chi connectivity index (χ0v) is 22.9. The normalized spacial score (nSPS) is 26.1. The van der Waals surface area contributed by atoms with Gasteiger partial charge < -0.3 is 40.0 Å². The largest absolute Gasteiger partial charge is 0.493 e. The highest BCUT2D eigenvalue weighted by Gasteiger charge is 2.44. The summed E-state index contributed by atoms with van der Waals surface area (Å²) in [6.07, 6.45) is -3.07. The summed E-state index contributed by atoms with van der Waals surface area (Å²) < 4.78 is 17.6. The number of benzene rings is 1. The first kappa shape index (κ1) is 29.1. The predicted molar refractivity (Wildman–Crippen MR) is 144 cm³/mol. The Morgan fingerprint density at radius 2 is 1.85 bits per heavy atom. The summed E-state index contributed by atoms with van der Waals surface area (Å²) >= 11 is 1.31. The van der Waals surface area contributed by atoms with Gasteiger partial charge in [-0.05, 0) is 54.0 Å². The number of aryl methyl sites for hydroxylation is 1. The van der Waals surface area contributed by atoms with Gasteiger partial charge in [0.15, 0.2) is 23.2 Å². The Hall–Kier alpha value is -2.87. The van der Waals surface area contributed by atoms with E-state index in [1.54, 1.807) is 24.5 Å². The number of piperidine rings is 1. The van der Waals surface area contributed by atoms with E-state index in [-0.39, 0.29) is 22.8 Å². The van der Waals surface area contributed by atoms with Crippen LogP contribution in [0.4, 0.5) is 0 Å². The SMILES string of the molecule is COc1cc2c(c(OC3NC(CO)C(O)C(O)C3O)c1OC)-c1ccc(SC)c(=O)cc1[C@@H](NC(C)=O)CC2. The van der Waals surface area contributed by atoms with E-state index in [4.69, 9.17) is 14.2 Å². The molecule has 4 rings (SSSR count). The number of hydrogen-bond donors (Lipinski definition) is 6. The minimum Gasteiger partial charge on any atom is -0.493 e. The van der Waals surface area contributed by atoms with E-state index in [1.165, 1.54) is 39.0 Å². The molecule has 0 bridgehead atoms. The van der Waals surface area contributed by atoms with Crippen LogP contribution in [0.2, 0.25) is 0 Å². The molecule has 0 spiro atoms. The summed E-state index contributed by atoms with van der Waals surface area (Å²) in [4.78, 5) is 25.7. The Balaban J connectivity index is 1.99. The molecule has 39 heavy (non-hydrogen) atoms. The van der Waals surface area contributed by atoms with Crippen molar-refractivity contribution in [1.29, 1.82) is 0 Å². The van der Waals surface area contributed by atoms with Gasteiger partial charge >= 0.3 is 0 Å². The molecule has 1 heterocycles. The van der Waals surface area contributed by atoms with Crippen LogP contribution in [0.15, 0.2) is 34.0 Å². The Morgan fingerprint density at radius 3 is 2.46 bits per heavy atom. The number of nitrogens with one attached hydrogen (secondary N) is 2. The smallest absolute Gasteiger partial charge is 0.217 e. The molecule has 1 fully saturated rings. The molecule has 1 saturated heterocycles. The van der Waals surface area contributed by atoms with Crippen molar-refractivity contribution in [3.05, 3.63) is 45.6 Å². The number of aliphatic hydroxyl groups is 4. The van der Waals surface area contributed by atoms with Crippen LogP contribution in [0.3, 0.4) is 0 Å². The molecule has 1 amide bonds. The Bertz CT molecular complexity index is 1290. The van der Waals surface area contributed by atoms with E-state index < -0.39 is 43.2 Å². The number of methoxy groups -OCH3 is 2. The molecule has 6 N–H and O–H groups in total. The lowest BCUT2D eigenvalue weighted by molar-refractivity contribution is -0.154. The van der Waals surface area contributed by atoms with E-state index >= 15 is 0 Å². The highest BCUT2D eigenvalue weighted by Crippen LogP contribution is 2.51. The van der Waals surface area contributed by atoms with Gasteiger partial charge in [-0.1, -0.05) is 6.07 Å². The molecule has 12 heteroatoms. The lowest BCUT2D eigenvalue weighted by Gasteiger charge is -2.41. The van der Waals surface area contributed by atoms with Gasteiger partial charge in [-0.25, -0.2) is 0 Å². The van der Waals surface area contributed by atoms with Crippen molar-refractivity contribution in [2.45, 2.75) is 61.3 Å². The van der Waals surface area contributed by atoms with Gasteiger partial charge in [-0.15, -0.1) is 11.8 Å². The van der Waals surface area contributed by atoms with Crippen molar-refractivity contribution in [2.24, 2.45) is 0 Å². The van der Waals surface area contributed by atoms with Gasteiger partial charge in [0, 0.05) is 12.5 Å². The second-order valence-corrected chi connectivity index (χ2v) is 10.4. The van der Waals surface area contributed by atoms with Crippen LogP contribution < -0.4 is 30.3 Å². The van der Waals surface area contributed by atoms with Gasteiger partial charge in [-0.3, -0.25) is 14.9 Å². The number of rotatable bonds is 7. The molecule has 1 aliphatic carbocycles. The van der Waals surface area contributed by atoms with Crippen LogP contribution in [0.5, 0.6) is 17.2 Å². The molecule has 11 nitrogen and oxygen atoms in total. The number of ether oxygens (including phenoxy) is 3. The number of carbonyl (C=O) groups excluding carboxylic acids is 1. The third-order valence-corrected chi connectivity index (χ3v) is 7.91. The summed E-state index contributed by atoms with van der Waals surface area (Å²) in [5.41, 5.74) is 2.35. The van der Waals surface area contributed by atoms with Gasteiger partial charge in [0.2, 0.25) is 11.7 Å². The molecule has 2 aromatic carbocycles. The summed E-state index contributed by atoms with van der Waals surface area (Å²) in [6.45, 7) is 0.902. The molecule has 0 radical (unpaired) electrons. The van der Waals surface area contributed by atoms with E-state index in [0.717, 1.165) is 5.56 Å². The van der Waals surface area contributed by atoms with Crippen LogP contribution >= 0.6 is 11.8 Å². The second-order valence-electron chi connectivity index (χ2n) is 9.51. The quantitative estimate of drug-likeness (QED) is 0.257. The maximum atomic E-state index is 13.1. The number of amides is 1. The van der Waals surface area contributed by atoms with Crippen LogP contribution in [0.1, 0.15) is 30.5 Å². The number of carbonyl (C=O) groups is 1. The van der Waals surface area contributed by atoms with Crippen molar-refractivity contribution >= 4 is 17.7 Å². The van der Waals surface area contributed by atoms with Crippen molar-refractivity contribution in [1.82, 2.24) is 10.6 Å². The molecular formula is C27H34N2O9S. The number of thioether (sulfide) groups is 1. The maximum Gasteiger partial charge on any atom is 0.217 e. The van der Waals surface area contributed by atoms with Gasteiger partial charge in [-0.2, -0.15) is 0 Å². The van der Waals surface area contributed by atoms with Crippen LogP contribution in [-0.2, 0) is 11.2 Å². The minimum atomic E-state index is -1.59. The molecule has 0 aromatic heterocycles. The third kappa shape index (κ3) is 5.58. The van der Waals surface area contributed by atoms with Gasteiger partial charge in [0.1, 0.15) is 18.3 Å². The summed E-state index contributed by atoms with van der Waals surface area (Å²) in [6, 6.07) is 5.39. The molecule has 0 saturated carbocycles. The van der Waals surface area contributed by atoms with Crippen LogP contribution in [0.25, 0.3) is 11.1 Å². The molecule has 2 aromatic rings. The number of hydrogen-bond acceptors (Lipinski definition) is 11. The summed E-state index contributed by atoms with van der Waals surface area (Å²) in [5, 5.41) is 47.0. The number of fused-ring (bicyclic) bond motifs is 3. The highest BCUT2D eigenvalue weighted by molar-refractivity contribution is 7.98. The lowest BCUT2D eigenvalue weighted by atomic mass is 9.94.